The Balaban J connectivity index is 2.42. The molecule has 1 N–H and O–H groups in total. The zero-order valence-corrected chi connectivity index (χ0v) is 6.38. The van der Waals surface area contributed by atoms with Crippen LogP contribution in [0, 0.1) is 0 Å². The van der Waals surface area contributed by atoms with E-state index in [-0.39, 0.29) is 5.88 Å². The summed E-state index contributed by atoms with van der Waals surface area (Å²) in [5, 5.41) is 9.61. The highest BCUT2D eigenvalue weighted by Crippen LogP contribution is 2.14. The minimum absolute atomic E-state index is 0.206. The first-order chi connectivity index (χ1) is 5.88. The molecule has 1 aromatic heterocycles. The highest BCUT2D eigenvalue weighted by molar-refractivity contribution is 5.56. The second-order valence-electron chi connectivity index (χ2n) is 2.47. The van der Waals surface area contributed by atoms with Gasteiger partial charge in [0.15, 0.2) is 0 Å². The fourth-order valence-corrected chi connectivity index (χ4v) is 1.06. The van der Waals surface area contributed by atoms with Gasteiger partial charge in [-0.2, -0.15) is 0 Å². The van der Waals surface area contributed by atoms with Gasteiger partial charge in [-0.25, -0.2) is 4.98 Å². The van der Waals surface area contributed by atoms with Gasteiger partial charge in [0.1, 0.15) is 6.33 Å². The lowest BCUT2D eigenvalue weighted by molar-refractivity contribution is 0.469. The van der Waals surface area contributed by atoms with E-state index >= 15 is 0 Å². The van der Waals surface area contributed by atoms with Gasteiger partial charge in [-0.1, -0.05) is 12.2 Å². The molecule has 0 radical (unpaired) electrons. The van der Waals surface area contributed by atoms with Crippen molar-refractivity contribution < 1.29 is 5.11 Å². The maximum atomic E-state index is 9.61. The monoisotopic (exact) mass is 160 g/mol. The summed E-state index contributed by atoms with van der Waals surface area (Å²) in [6.07, 6.45) is 12.3. The molecule has 0 aromatic carbocycles. The molecule has 1 aromatic rings. The Labute approximate surface area is 70.0 Å². The minimum atomic E-state index is 0.206. The van der Waals surface area contributed by atoms with E-state index in [1.807, 2.05) is 24.3 Å². The quantitative estimate of drug-likeness (QED) is 0.635. The molecule has 0 bridgehead atoms. The first kappa shape index (κ1) is 6.91. The van der Waals surface area contributed by atoms with Crippen LogP contribution in [0.2, 0.25) is 0 Å². The topological polar surface area (TPSA) is 38.0 Å². The van der Waals surface area contributed by atoms with Crippen molar-refractivity contribution in [2.75, 3.05) is 0 Å². The van der Waals surface area contributed by atoms with Crippen LogP contribution < -0.4 is 0 Å². The molecule has 0 spiro atoms. The van der Waals surface area contributed by atoms with Gasteiger partial charge in [0.05, 0.1) is 0 Å². The number of hydrogen-bond acceptors (Lipinski definition) is 2. The molecule has 2 rings (SSSR count). The van der Waals surface area contributed by atoms with E-state index in [2.05, 4.69) is 4.98 Å². The summed E-state index contributed by atoms with van der Waals surface area (Å²) in [4.78, 5) is 3.84. The van der Waals surface area contributed by atoms with Gasteiger partial charge in [-0.3, -0.25) is 4.57 Å². The fraction of sp³-hybridized carbons (Fsp3) is 0. The van der Waals surface area contributed by atoms with Crippen LogP contribution in [0.5, 0.6) is 0 Å². The van der Waals surface area contributed by atoms with Crippen molar-refractivity contribution in [2.24, 2.45) is 0 Å². The Bertz CT molecular complexity index is 344. The third kappa shape index (κ3) is 1.05. The molecule has 0 fully saturated rings. The molecule has 0 aliphatic heterocycles. The summed E-state index contributed by atoms with van der Waals surface area (Å²) in [6.45, 7) is 0. The lowest BCUT2D eigenvalue weighted by Crippen LogP contribution is -1.94. The van der Waals surface area contributed by atoms with Crippen LogP contribution in [-0.4, -0.2) is 14.7 Å². The summed E-state index contributed by atoms with van der Waals surface area (Å²) in [6, 6.07) is 0. The highest BCUT2D eigenvalue weighted by Gasteiger charge is 2.02. The van der Waals surface area contributed by atoms with Crippen molar-refractivity contribution in [3.05, 3.63) is 48.6 Å². The van der Waals surface area contributed by atoms with Crippen LogP contribution in [-0.2, 0) is 0 Å². The Kier molecular flexibility index (Phi) is 1.55. The summed E-state index contributed by atoms with van der Waals surface area (Å²) in [7, 11) is 0. The molecule has 0 saturated carbocycles. The number of hydrogen-bond donors (Lipinski definition) is 1. The molecule has 1 aliphatic carbocycles. The standard InChI is InChI=1S/C9H8N2O/c12-9(8-3-1-2-4-8)11-6-5-10-7-11/h1-7,12H. The number of aliphatic hydroxyl groups is 1. The molecule has 3 heteroatoms. The molecule has 0 atom stereocenters. The predicted molar refractivity (Wildman–Crippen MR) is 46.4 cm³/mol. The van der Waals surface area contributed by atoms with E-state index in [0.717, 1.165) is 5.57 Å². The first-order valence-electron chi connectivity index (χ1n) is 3.64. The number of aliphatic hydroxyl groups excluding tert-OH is 1. The van der Waals surface area contributed by atoms with Crippen LogP contribution in [0.15, 0.2) is 48.6 Å². The summed E-state index contributed by atoms with van der Waals surface area (Å²) < 4.78 is 1.56. The number of rotatable bonds is 1. The zero-order chi connectivity index (χ0) is 8.39. The molecular weight excluding hydrogens is 152 g/mol. The van der Waals surface area contributed by atoms with E-state index < -0.39 is 0 Å². The van der Waals surface area contributed by atoms with Gasteiger partial charge in [-0.15, -0.1) is 0 Å². The molecule has 60 valence electrons. The first-order valence-corrected chi connectivity index (χ1v) is 3.64. The van der Waals surface area contributed by atoms with Crippen molar-refractivity contribution in [3.63, 3.8) is 0 Å². The van der Waals surface area contributed by atoms with Gasteiger partial charge in [-0.05, 0) is 12.2 Å². The van der Waals surface area contributed by atoms with Crippen molar-refractivity contribution in [1.82, 2.24) is 9.55 Å². The Hall–Kier alpha value is -1.77. The molecule has 1 heterocycles. The van der Waals surface area contributed by atoms with E-state index in [1.54, 1.807) is 23.3 Å². The van der Waals surface area contributed by atoms with E-state index in [9.17, 15) is 5.11 Å². The maximum Gasteiger partial charge on any atom is 0.203 e. The smallest absolute Gasteiger partial charge is 0.203 e. The number of allylic oxidation sites excluding steroid dienone is 5. The van der Waals surface area contributed by atoms with Crippen LogP contribution >= 0.6 is 0 Å². The third-order valence-corrected chi connectivity index (χ3v) is 1.67. The van der Waals surface area contributed by atoms with Gasteiger partial charge in [0.25, 0.3) is 0 Å². The fourth-order valence-electron chi connectivity index (χ4n) is 1.06. The van der Waals surface area contributed by atoms with Crippen LogP contribution in [0.3, 0.4) is 0 Å². The second kappa shape index (κ2) is 2.70. The molecule has 0 unspecified atom stereocenters. The average Bonchev–Trinajstić information content (AvgIpc) is 2.77. The predicted octanol–water partition coefficient (Wildman–Crippen LogP) is 1.74. The van der Waals surface area contributed by atoms with Crippen LogP contribution in [0.25, 0.3) is 5.88 Å². The van der Waals surface area contributed by atoms with Crippen molar-refractivity contribution in [1.29, 1.82) is 0 Å². The van der Waals surface area contributed by atoms with Gasteiger partial charge in [0, 0.05) is 18.0 Å². The van der Waals surface area contributed by atoms with Crippen molar-refractivity contribution in [3.8, 4) is 0 Å². The van der Waals surface area contributed by atoms with E-state index in [0.29, 0.717) is 0 Å². The lowest BCUT2D eigenvalue weighted by Gasteiger charge is -2.00. The Morgan fingerprint density at radius 2 is 2.08 bits per heavy atom. The minimum Gasteiger partial charge on any atom is -0.494 e. The maximum absolute atomic E-state index is 9.61. The molecule has 12 heavy (non-hydrogen) atoms. The number of imidazole rings is 1. The Morgan fingerprint density at radius 1 is 1.33 bits per heavy atom. The van der Waals surface area contributed by atoms with Gasteiger partial charge in [0.2, 0.25) is 5.88 Å². The third-order valence-electron chi connectivity index (χ3n) is 1.67. The summed E-state index contributed by atoms with van der Waals surface area (Å²) in [5.74, 6) is 0.206. The van der Waals surface area contributed by atoms with Crippen LogP contribution in [0.4, 0.5) is 0 Å². The zero-order valence-electron chi connectivity index (χ0n) is 6.38. The summed E-state index contributed by atoms with van der Waals surface area (Å²) in [5.41, 5.74) is 0.799. The highest BCUT2D eigenvalue weighted by atomic mass is 16.3. The SMILES string of the molecule is OC(=C1C=CC=C1)n1ccnc1. The largest absolute Gasteiger partial charge is 0.494 e. The lowest BCUT2D eigenvalue weighted by atomic mass is 10.3. The van der Waals surface area contributed by atoms with E-state index in [4.69, 9.17) is 0 Å². The van der Waals surface area contributed by atoms with Crippen molar-refractivity contribution in [2.45, 2.75) is 0 Å². The summed E-state index contributed by atoms with van der Waals surface area (Å²) >= 11 is 0. The average molecular weight is 160 g/mol. The number of nitrogens with zero attached hydrogens (tertiary/aromatic N) is 2. The molecular formula is C9H8N2O. The van der Waals surface area contributed by atoms with Crippen LogP contribution in [0.1, 0.15) is 0 Å². The van der Waals surface area contributed by atoms with Gasteiger partial charge >= 0.3 is 0 Å². The van der Waals surface area contributed by atoms with Crippen molar-refractivity contribution >= 4 is 5.88 Å². The van der Waals surface area contributed by atoms with Gasteiger partial charge < -0.3 is 5.11 Å². The molecule has 3 nitrogen and oxygen atoms in total. The molecule has 1 aliphatic rings. The normalized spacial score (nSPS) is 14.2. The number of aromatic nitrogens is 2. The molecule has 0 amide bonds. The molecule has 0 saturated heterocycles. The van der Waals surface area contributed by atoms with E-state index in [1.165, 1.54) is 0 Å². The second-order valence-corrected chi connectivity index (χ2v) is 2.47. The Morgan fingerprint density at radius 3 is 2.67 bits per heavy atom.